The molecule has 0 saturated carbocycles. The summed E-state index contributed by atoms with van der Waals surface area (Å²) in [7, 11) is 0. The summed E-state index contributed by atoms with van der Waals surface area (Å²) in [5, 5.41) is 18.0. The van der Waals surface area contributed by atoms with Gasteiger partial charge in [-0.15, -0.1) is 5.10 Å². The smallest absolute Gasteiger partial charge is 0.134 e. The van der Waals surface area contributed by atoms with Crippen molar-refractivity contribution in [2.45, 2.75) is 45.4 Å². The SMILES string of the molecule is CCCNc1snnc1CN1CC(CO)OC(C)(C)C1. The quantitative estimate of drug-likeness (QED) is 0.826. The molecule has 1 atom stereocenters. The average molecular weight is 300 g/mol. The standard InChI is InChI=1S/C13H24N4O2S/c1-4-5-14-12-11(15-16-20-12)7-17-6-10(8-18)19-13(2,3)9-17/h10,14,18H,4-9H2,1-3H3. The van der Waals surface area contributed by atoms with Crippen molar-refractivity contribution in [3.05, 3.63) is 5.69 Å². The maximum absolute atomic E-state index is 9.35. The zero-order valence-corrected chi connectivity index (χ0v) is 13.2. The lowest BCUT2D eigenvalue weighted by Gasteiger charge is -2.42. The van der Waals surface area contributed by atoms with Crippen LogP contribution in [0.2, 0.25) is 0 Å². The van der Waals surface area contributed by atoms with Crippen LogP contribution in [0, 0.1) is 0 Å². The molecule has 0 bridgehead atoms. The molecule has 114 valence electrons. The first kappa shape index (κ1) is 15.6. The molecule has 7 heteroatoms. The number of rotatable bonds is 6. The van der Waals surface area contributed by atoms with Gasteiger partial charge in [-0.25, -0.2) is 0 Å². The van der Waals surface area contributed by atoms with Crippen LogP contribution in [0.4, 0.5) is 5.00 Å². The summed E-state index contributed by atoms with van der Waals surface area (Å²) in [6.45, 7) is 9.53. The summed E-state index contributed by atoms with van der Waals surface area (Å²) in [4.78, 5) is 2.28. The van der Waals surface area contributed by atoms with Crippen molar-refractivity contribution in [2.24, 2.45) is 0 Å². The zero-order chi connectivity index (χ0) is 14.6. The Morgan fingerprint density at radius 1 is 1.55 bits per heavy atom. The van der Waals surface area contributed by atoms with Crippen molar-refractivity contribution >= 4 is 16.5 Å². The highest BCUT2D eigenvalue weighted by molar-refractivity contribution is 7.10. The molecule has 1 fully saturated rings. The highest BCUT2D eigenvalue weighted by Crippen LogP contribution is 2.25. The van der Waals surface area contributed by atoms with Gasteiger partial charge >= 0.3 is 0 Å². The van der Waals surface area contributed by atoms with E-state index in [2.05, 4.69) is 40.6 Å². The molecule has 1 saturated heterocycles. The first-order chi connectivity index (χ1) is 9.54. The van der Waals surface area contributed by atoms with Crippen LogP contribution < -0.4 is 5.32 Å². The van der Waals surface area contributed by atoms with Crippen LogP contribution in [0.1, 0.15) is 32.9 Å². The summed E-state index contributed by atoms with van der Waals surface area (Å²) < 4.78 is 9.86. The molecule has 1 unspecified atom stereocenters. The number of nitrogens with one attached hydrogen (secondary N) is 1. The number of aliphatic hydroxyl groups is 1. The fourth-order valence-electron chi connectivity index (χ4n) is 2.53. The summed E-state index contributed by atoms with van der Waals surface area (Å²) in [6.07, 6.45) is 0.950. The summed E-state index contributed by atoms with van der Waals surface area (Å²) in [5.74, 6) is 0. The van der Waals surface area contributed by atoms with Crippen LogP contribution in [-0.2, 0) is 11.3 Å². The summed E-state index contributed by atoms with van der Waals surface area (Å²) in [6, 6.07) is 0. The van der Waals surface area contributed by atoms with E-state index in [1.807, 2.05) is 0 Å². The maximum Gasteiger partial charge on any atom is 0.134 e. The number of nitrogens with zero attached hydrogens (tertiary/aromatic N) is 3. The molecule has 2 rings (SSSR count). The van der Waals surface area contributed by atoms with E-state index in [0.717, 1.165) is 43.3 Å². The van der Waals surface area contributed by atoms with Crippen LogP contribution >= 0.6 is 11.5 Å². The predicted octanol–water partition coefficient (Wildman–Crippen LogP) is 1.33. The van der Waals surface area contributed by atoms with E-state index in [-0.39, 0.29) is 18.3 Å². The number of anilines is 1. The van der Waals surface area contributed by atoms with Crippen LogP contribution in [-0.4, -0.2) is 57.5 Å². The molecule has 2 heterocycles. The second kappa shape index (κ2) is 6.80. The first-order valence-electron chi connectivity index (χ1n) is 7.10. The monoisotopic (exact) mass is 300 g/mol. The fourth-order valence-corrected chi connectivity index (χ4v) is 3.13. The van der Waals surface area contributed by atoms with Gasteiger partial charge in [0.15, 0.2) is 0 Å². The molecule has 0 radical (unpaired) electrons. The van der Waals surface area contributed by atoms with Crippen LogP contribution in [0.25, 0.3) is 0 Å². The van der Waals surface area contributed by atoms with Crippen LogP contribution in [0.5, 0.6) is 0 Å². The molecule has 2 N–H and O–H groups in total. The van der Waals surface area contributed by atoms with Crippen molar-refractivity contribution in [3.8, 4) is 0 Å². The van der Waals surface area contributed by atoms with Gasteiger partial charge in [0.1, 0.15) is 10.7 Å². The molecular weight excluding hydrogens is 276 g/mol. The summed E-state index contributed by atoms with van der Waals surface area (Å²) in [5.41, 5.74) is 0.740. The molecule has 0 spiro atoms. The van der Waals surface area contributed by atoms with Gasteiger partial charge in [0.05, 0.1) is 18.3 Å². The highest BCUT2D eigenvalue weighted by Gasteiger charge is 2.33. The molecule has 1 aliphatic heterocycles. The Hall–Kier alpha value is -0.760. The molecule has 6 nitrogen and oxygen atoms in total. The Kier molecular flexibility index (Phi) is 5.31. The minimum absolute atomic E-state index is 0.0518. The molecular formula is C13H24N4O2S. The zero-order valence-electron chi connectivity index (χ0n) is 12.4. The number of hydrogen-bond acceptors (Lipinski definition) is 7. The number of hydrogen-bond donors (Lipinski definition) is 2. The third-order valence-electron chi connectivity index (χ3n) is 3.22. The van der Waals surface area contributed by atoms with Gasteiger partial charge in [-0.1, -0.05) is 11.4 Å². The largest absolute Gasteiger partial charge is 0.394 e. The van der Waals surface area contributed by atoms with E-state index < -0.39 is 0 Å². The molecule has 0 aromatic carbocycles. The lowest BCUT2D eigenvalue weighted by atomic mass is 10.1. The molecule has 0 amide bonds. The highest BCUT2D eigenvalue weighted by atomic mass is 32.1. The predicted molar refractivity (Wildman–Crippen MR) is 80.0 cm³/mol. The maximum atomic E-state index is 9.35. The van der Waals surface area contributed by atoms with Gasteiger partial charge in [-0.2, -0.15) is 0 Å². The van der Waals surface area contributed by atoms with Gasteiger partial charge in [-0.3, -0.25) is 4.90 Å². The van der Waals surface area contributed by atoms with Gasteiger partial charge in [0.25, 0.3) is 0 Å². The molecule has 1 aromatic heterocycles. The van der Waals surface area contributed by atoms with E-state index in [0.29, 0.717) is 0 Å². The molecule has 1 aromatic rings. The Bertz CT molecular complexity index is 424. The van der Waals surface area contributed by atoms with E-state index in [1.165, 1.54) is 11.5 Å². The van der Waals surface area contributed by atoms with Gasteiger partial charge in [-0.05, 0) is 20.3 Å². The lowest BCUT2D eigenvalue weighted by molar-refractivity contribution is -0.150. The number of aromatic nitrogens is 2. The normalized spacial score (nSPS) is 22.9. The van der Waals surface area contributed by atoms with Crippen molar-refractivity contribution in [1.29, 1.82) is 0 Å². The molecule has 0 aliphatic carbocycles. The van der Waals surface area contributed by atoms with Crippen molar-refractivity contribution in [1.82, 2.24) is 14.5 Å². The number of morpholine rings is 1. The van der Waals surface area contributed by atoms with Gasteiger partial charge in [0, 0.05) is 37.7 Å². The average Bonchev–Trinajstić information content (AvgIpc) is 2.81. The fraction of sp³-hybridized carbons (Fsp3) is 0.846. The van der Waals surface area contributed by atoms with E-state index in [4.69, 9.17) is 4.74 Å². The van der Waals surface area contributed by atoms with Crippen molar-refractivity contribution in [3.63, 3.8) is 0 Å². The molecule has 20 heavy (non-hydrogen) atoms. The van der Waals surface area contributed by atoms with Crippen LogP contribution in [0.15, 0.2) is 0 Å². The van der Waals surface area contributed by atoms with E-state index in [9.17, 15) is 5.11 Å². The minimum Gasteiger partial charge on any atom is -0.394 e. The van der Waals surface area contributed by atoms with Crippen molar-refractivity contribution < 1.29 is 9.84 Å². The Morgan fingerprint density at radius 3 is 3.05 bits per heavy atom. The number of ether oxygens (including phenoxy) is 1. The Balaban J connectivity index is 2.00. The molecule has 1 aliphatic rings. The Morgan fingerprint density at radius 2 is 2.35 bits per heavy atom. The minimum atomic E-state index is -0.244. The van der Waals surface area contributed by atoms with E-state index >= 15 is 0 Å². The van der Waals surface area contributed by atoms with Gasteiger partial charge in [0.2, 0.25) is 0 Å². The summed E-state index contributed by atoms with van der Waals surface area (Å²) >= 11 is 1.40. The lowest BCUT2D eigenvalue weighted by Crippen LogP contribution is -2.53. The van der Waals surface area contributed by atoms with E-state index in [1.54, 1.807) is 0 Å². The third-order valence-corrected chi connectivity index (χ3v) is 3.95. The second-order valence-corrected chi connectivity index (χ2v) is 6.58. The van der Waals surface area contributed by atoms with Gasteiger partial charge < -0.3 is 15.2 Å². The number of aliphatic hydroxyl groups excluding tert-OH is 1. The third kappa shape index (κ3) is 4.12. The second-order valence-electron chi connectivity index (χ2n) is 5.83. The van der Waals surface area contributed by atoms with Crippen LogP contribution in [0.3, 0.4) is 0 Å². The topological polar surface area (TPSA) is 70.5 Å². The first-order valence-corrected chi connectivity index (χ1v) is 7.87. The van der Waals surface area contributed by atoms with Crippen molar-refractivity contribution in [2.75, 3.05) is 31.6 Å². The Labute approximate surface area is 124 Å².